The first kappa shape index (κ1) is 13.9. The molecule has 1 unspecified atom stereocenters. The molecule has 0 aliphatic heterocycles. The molecular weight excluding hydrogens is 258 g/mol. The summed E-state index contributed by atoms with van der Waals surface area (Å²) >= 11 is 1.81. The predicted octanol–water partition coefficient (Wildman–Crippen LogP) is 3.62. The smallest absolute Gasteiger partial charge is 0.160 e. The van der Waals surface area contributed by atoms with Crippen LogP contribution in [-0.2, 0) is 6.54 Å². The van der Waals surface area contributed by atoms with Gasteiger partial charge in [-0.25, -0.2) is 0 Å². The van der Waals surface area contributed by atoms with Gasteiger partial charge in [0.25, 0.3) is 0 Å². The Kier molecular flexibility index (Phi) is 4.45. The van der Waals surface area contributed by atoms with Gasteiger partial charge in [0.1, 0.15) is 0 Å². The minimum Gasteiger partial charge on any atom is -0.504 e. The average Bonchev–Trinajstić information content (AvgIpc) is 2.82. The maximum absolute atomic E-state index is 9.58. The Balaban J connectivity index is 2.01. The molecular formula is C15H19NO2S. The van der Waals surface area contributed by atoms with Crippen molar-refractivity contribution in [1.29, 1.82) is 0 Å². The van der Waals surface area contributed by atoms with Crippen LogP contribution in [0.2, 0.25) is 0 Å². The van der Waals surface area contributed by atoms with Gasteiger partial charge in [-0.15, -0.1) is 11.3 Å². The van der Waals surface area contributed by atoms with Crippen molar-refractivity contribution in [2.24, 2.45) is 0 Å². The fourth-order valence-electron chi connectivity index (χ4n) is 1.92. The molecule has 0 saturated heterocycles. The Bertz CT molecular complexity index is 551. The summed E-state index contributed by atoms with van der Waals surface area (Å²) in [6.07, 6.45) is 0. The van der Waals surface area contributed by atoms with Crippen molar-refractivity contribution in [2.75, 3.05) is 7.11 Å². The lowest BCUT2D eigenvalue weighted by atomic mass is 10.1. The van der Waals surface area contributed by atoms with Crippen molar-refractivity contribution >= 4 is 11.3 Å². The van der Waals surface area contributed by atoms with E-state index in [4.69, 9.17) is 4.74 Å². The van der Waals surface area contributed by atoms with E-state index in [2.05, 4.69) is 31.3 Å². The second-order valence-corrected chi connectivity index (χ2v) is 5.92. The highest BCUT2D eigenvalue weighted by Crippen LogP contribution is 2.29. The Labute approximate surface area is 117 Å². The van der Waals surface area contributed by atoms with Crippen LogP contribution in [0.1, 0.15) is 28.3 Å². The summed E-state index contributed by atoms with van der Waals surface area (Å²) in [5, 5.41) is 13.1. The number of aromatic hydroxyl groups is 1. The Morgan fingerprint density at radius 3 is 2.74 bits per heavy atom. The number of hydrogen-bond donors (Lipinski definition) is 2. The molecule has 1 heterocycles. The zero-order chi connectivity index (χ0) is 13.8. The van der Waals surface area contributed by atoms with Crippen molar-refractivity contribution in [2.45, 2.75) is 26.4 Å². The van der Waals surface area contributed by atoms with Gasteiger partial charge in [-0.05, 0) is 43.7 Å². The molecule has 2 N–H and O–H groups in total. The lowest BCUT2D eigenvalue weighted by Gasteiger charge is -2.15. The maximum atomic E-state index is 9.58. The van der Waals surface area contributed by atoms with Crippen molar-refractivity contribution in [3.63, 3.8) is 0 Å². The quantitative estimate of drug-likeness (QED) is 0.877. The molecule has 3 nitrogen and oxygen atoms in total. The van der Waals surface area contributed by atoms with E-state index in [0.717, 1.165) is 12.1 Å². The fraction of sp³-hybridized carbons (Fsp3) is 0.333. The number of hydrogen-bond acceptors (Lipinski definition) is 4. The van der Waals surface area contributed by atoms with Crippen LogP contribution >= 0.6 is 11.3 Å². The van der Waals surface area contributed by atoms with E-state index in [1.807, 2.05) is 23.5 Å². The topological polar surface area (TPSA) is 41.5 Å². The third-order valence-electron chi connectivity index (χ3n) is 3.08. The Morgan fingerprint density at radius 2 is 2.11 bits per heavy atom. The second kappa shape index (κ2) is 6.08. The van der Waals surface area contributed by atoms with Gasteiger partial charge < -0.3 is 15.2 Å². The van der Waals surface area contributed by atoms with Crippen molar-refractivity contribution in [3.8, 4) is 11.5 Å². The summed E-state index contributed by atoms with van der Waals surface area (Å²) in [4.78, 5) is 2.66. The van der Waals surface area contributed by atoms with Gasteiger partial charge >= 0.3 is 0 Å². The molecule has 19 heavy (non-hydrogen) atoms. The first-order valence-corrected chi connectivity index (χ1v) is 7.07. The number of phenols is 1. The van der Waals surface area contributed by atoms with Crippen LogP contribution in [0, 0.1) is 6.92 Å². The molecule has 0 aliphatic rings. The molecule has 0 saturated carbocycles. The molecule has 0 spiro atoms. The largest absolute Gasteiger partial charge is 0.504 e. The van der Waals surface area contributed by atoms with Gasteiger partial charge in [-0.1, -0.05) is 6.07 Å². The highest BCUT2D eigenvalue weighted by atomic mass is 32.1. The van der Waals surface area contributed by atoms with Crippen LogP contribution in [0.15, 0.2) is 30.3 Å². The van der Waals surface area contributed by atoms with Crippen LogP contribution in [0.4, 0.5) is 0 Å². The van der Waals surface area contributed by atoms with Crippen LogP contribution in [0.5, 0.6) is 11.5 Å². The molecule has 2 aromatic rings. The predicted molar refractivity (Wildman–Crippen MR) is 79.0 cm³/mol. The van der Waals surface area contributed by atoms with Crippen LogP contribution in [0.25, 0.3) is 0 Å². The van der Waals surface area contributed by atoms with E-state index in [9.17, 15) is 5.11 Å². The van der Waals surface area contributed by atoms with E-state index >= 15 is 0 Å². The van der Waals surface area contributed by atoms with E-state index in [-0.39, 0.29) is 11.8 Å². The number of methoxy groups -OCH3 is 1. The molecule has 102 valence electrons. The number of ether oxygens (including phenoxy) is 1. The molecule has 0 radical (unpaired) electrons. The average molecular weight is 277 g/mol. The minimum atomic E-state index is 0.173. The van der Waals surface area contributed by atoms with E-state index in [0.29, 0.717) is 5.75 Å². The SMILES string of the molecule is COc1cc(C(C)NCc2ccc(C)s2)ccc1O. The van der Waals surface area contributed by atoms with Crippen LogP contribution in [-0.4, -0.2) is 12.2 Å². The number of nitrogens with one attached hydrogen (secondary N) is 1. The van der Waals surface area contributed by atoms with Gasteiger partial charge in [0, 0.05) is 22.3 Å². The number of aryl methyl sites for hydroxylation is 1. The highest BCUT2D eigenvalue weighted by molar-refractivity contribution is 7.11. The number of benzene rings is 1. The third kappa shape index (κ3) is 3.49. The zero-order valence-corrected chi connectivity index (χ0v) is 12.3. The molecule has 1 aromatic heterocycles. The van der Waals surface area contributed by atoms with Gasteiger partial charge in [0.05, 0.1) is 7.11 Å². The fourth-order valence-corrected chi connectivity index (χ4v) is 2.76. The summed E-state index contributed by atoms with van der Waals surface area (Å²) < 4.78 is 5.13. The molecule has 0 bridgehead atoms. The molecule has 1 aromatic carbocycles. The Hall–Kier alpha value is -1.52. The summed E-state index contributed by atoms with van der Waals surface area (Å²) in [6.45, 7) is 5.07. The third-order valence-corrected chi connectivity index (χ3v) is 4.08. The number of rotatable bonds is 5. The molecule has 0 fully saturated rings. The maximum Gasteiger partial charge on any atom is 0.160 e. The minimum absolute atomic E-state index is 0.173. The highest BCUT2D eigenvalue weighted by Gasteiger charge is 2.09. The normalized spacial score (nSPS) is 12.4. The van der Waals surface area contributed by atoms with Gasteiger partial charge in [-0.3, -0.25) is 0 Å². The van der Waals surface area contributed by atoms with E-state index in [1.165, 1.54) is 9.75 Å². The molecule has 2 rings (SSSR count). The van der Waals surface area contributed by atoms with E-state index in [1.54, 1.807) is 13.2 Å². The molecule has 4 heteroatoms. The molecule has 1 atom stereocenters. The van der Waals surface area contributed by atoms with Crippen molar-refractivity contribution in [1.82, 2.24) is 5.32 Å². The standard InChI is InChI=1S/C15H19NO2S/c1-10-4-6-13(19-10)9-16-11(2)12-5-7-14(17)15(8-12)18-3/h4-8,11,16-17H,9H2,1-3H3. The first-order chi connectivity index (χ1) is 9.10. The summed E-state index contributed by atoms with van der Waals surface area (Å²) in [5.41, 5.74) is 1.10. The Morgan fingerprint density at radius 1 is 1.32 bits per heavy atom. The lowest BCUT2D eigenvalue weighted by molar-refractivity contribution is 0.372. The van der Waals surface area contributed by atoms with E-state index < -0.39 is 0 Å². The van der Waals surface area contributed by atoms with Gasteiger partial charge in [-0.2, -0.15) is 0 Å². The molecule has 0 aliphatic carbocycles. The monoisotopic (exact) mass is 277 g/mol. The first-order valence-electron chi connectivity index (χ1n) is 6.25. The van der Waals surface area contributed by atoms with Gasteiger partial charge in [0.15, 0.2) is 11.5 Å². The lowest BCUT2D eigenvalue weighted by Crippen LogP contribution is -2.17. The van der Waals surface area contributed by atoms with Crippen molar-refractivity contribution < 1.29 is 9.84 Å². The molecule has 0 amide bonds. The summed E-state index contributed by atoms with van der Waals surface area (Å²) in [6, 6.07) is 9.94. The number of thiophene rings is 1. The van der Waals surface area contributed by atoms with Crippen molar-refractivity contribution in [3.05, 3.63) is 45.6 Å². The second-order valence-electron chi connectivity index (χ2n) is 4.55. The number of phenolic OH excluding ortho intramolecular Hbond substituents is 1. The van der Waals surface area contributed by atoms with Crippen LogP contribution < -0.4 is 10.1 Å². The summed E-state index contributed by atoms with van der Waals surface area (Å²) in [5.74, 6) is 0.686. The summed E-state index contributed by atoms with van der Waals surface area (Å²) in [7, 11) is 1.56. The van der Waals surface area contributed by atoms with Crippen LogP contribution in [0.3, 0.4) is 0 Å². The van der Waals surface area contributed by atoms with Gasteiger partial charge in [0.2, 0.25) is 0 Å². The zero-order valence-electron chi connectivity index (χ0n) is 11.4.